The average Bonchev–Trinajstić information content (AvgIpc) is 3.50. The van der Waals surface area contributed by atoms with Gasteiger partial charge in [-0.1, -0.05) is 0 Å². The number of hydrogen-bond donors (Lipinski definition) is 0. The van der Waals surface area contributed by atoms with Gasteiger partial charge in [0.1, 0.15) is 0 Å². The van der Waals surface area contributed by atoms with Crippen molar-refractivity contribution in [2.24, 2.45) is 0 Å². The van der Waals surface area contributed by atoms with Crippen LogP contribution in [0.4, 0.5) is 0 Å². The number of ether oxygens (including phenoxy) is 4. The monoisotopic (exact) mass is 686 g/mol. The van der Waals surface area contributed by atoms with Crippen molar-refractivity contribution in [3.8, 4) is 0 Å². The molecule has 0 fully saturated rings. The maximum atomic E-state index is 5.86. The molecular weight excluding hydrogens is 651 g/mol. The molecule has 0 radical (unpaired) electrons. The van der Waals surface area contributed by atoms with Gasteiger partial charge in [0.2, 0.25) is 0 Å². The average molecular weight is 686 g/mol. The number of thiazole rings is 2. The molecule has 0 spiro atoms. The van der Waals surface area contributed by atoms with E-state index in [-0.39, 0.29) is 0 Å². The third-order valence-electron chi connectivity index (χ3n) is 5.65. The summed E-state index contributed by atoms with van der Waals surface area (Å²) in [4.78, 5) is 10.1. The fourth-order valence-corrected chi connectivity index (χ4v) is 40.7. The van der Waals surface area contributed by atoms with Crippen LogP contribution in [0.3, 0.4) is 0 Å². The summed E-state index contributed by atoms with van der Waals surface area (Å²) in [5.41, 5.74) is 2.18. The van der Waals surface area contributed by atoms with Gasteiger partial charge in [0.15, 0.2) is 0 Å². The van der Waals surface area contributed by atoms with Crippen molar-refractivity contribution in [1.29, 1.82) is 0 Å². The molecule has 0 bridgehead atoms. The Morgan fingerprint density at radius 2 is 1.11 bits per heavy atom. The second-order valence-electron chi connectivity index (χ2n) is 8.43. The number of aromatic nitrogens is 2. The summed E-state index contributed by atoms with van der Waals surface area (Å²) in [5.74, 6) is 0. The summed E-state index contributed by atoms with van der Waals surface area (Å²) in [6, 6.07) is 16.9. The van der Waals surface area contributed by atoms with Gasteiger partial charge in [-0.2, -0.15) is 0 Å². The molecule has 37 heavy (non-hydrogen) atoms. The van der Waals surface area contributed by atoms with E-state index in [2.05, 4.69) is 66.4 Å². The summed E-state index contributed by atoms with van der Waals surface area (Å²) in [6.07, 6.45) is 2.08. The molecule has 0 aliphatic heterocycles. The number of fused-ring (bicyclic) bond motifs is 2. The van der Waals surface area contributed by atoms with Gasteiger partial charge in [-0.15, -0.1) is 0 Å². The van der Waals surface area contributed by atoms with Crippen molar-refractivity contribution in [1.82, 2.24) is 9.97 Å². The van der Waals surface area contributed by atoms with Gasteiger partial charge in [0, 0.05) is 0 Å². The zero-order chi connectivity index (χ0) is 25.8. The maximum absolute atomic E-state index is 5.86. The van der Waals surface area contributed by atoms with Crippen LogP contribution in [0.5, 0.6) is 0 Å². The molecule has 200 valence electrons. The number of rotatable bonds is 18. The van der Waals surface area contributed by atoms with Crippen LogP contribution in [0.25, 0.3) is 20.4 Å². The summed E-state index contributed by atoms with van der Waals surface area (Å²) >= 11 is 0.636. The second kappa shape index (κ2) is 16.0. The summed E-state index contributed by atoms with van der Waals surface area (Å²) in [6.45, 7) is 4.06. The van der Waals surface area contributed by atoms with Crippen LogP contribution < -0.4 is 0 Å². The molecule has 2 aromatic carbocycles. The molecule has 0 saturated heterocycles. The van der Waals surface area contributed by atoms with E-state index in [1.807, 2.05) is 22.7 Å². The van der Waals surface area contributed by atoms with E-state index in [1.165, 1.54) is 27.0 Å². The third kappa shape index (κ3) is 9.32. The molecule has 0 unspecified atom stereocenters. The number of hydrogen-bond acceptors (Lipinski definition) is 10. The predicted molar refractivity (Wildman–Crippen MR) is 161 cm³/mol. The standard InChI is InChI=1S/2C7H5NS2.2C6H13O2.Sn/c2*9-7-8-5-3-1-2-4-6(5)10-7;2*1-3-4-8-6-5-7-2;/h2*1-4H,(H,8,9);2*1,3-6H2,2H3;/q;;;;+2/p-2. The molecule has 0 aliphatic carbocycles. The van der Waals surface area contributed by atoms with Crippen LogP contribution in [0, 0.1) is 0 Å². The zero-order valence-corrected chi connectivity index (χ0v) is 27.5. The summed E-state index contributed by atoms with van der Waals surface area (Å²) in [7, 11) is 7.60. The Hall–Kier alpha value is -0.441. The van der Waals surface area contributed by atoms with Gasteiger partial charge in [0.25, 0.3) is 0 Å². The molecule has 0 atom stereocenters. The molecular formula is C26H34N2O4S4Sn. The van der Waals surface area contributed by atoms with Crippen LogP contribution in [-0.4, -0.2) is 79.4 Å². The van der Waals surface area contributed by atoms with Gasteiger partial charge < -0.3 is 0 Å². The Kier molecular flexibility index (Phi) is 12.8. The van der Waals surface area contributed by atoms with E-state index in [0.717, 1.165) is 37.1 Å². The first-order valence-electron chi connectivity index (χ1n) is 12.4. The molecule has 11 heteroatoms. The fraction of sp³-hybridized carbons (Fsp3) is 0.462. The van der Waals surface area contributed by atoms with Crippen LogP contribution in [0.15, 0.2) is 57.2 Å². The van der Waals surface area contributed by atoms with Crippen molar-refractivity contribution in [2.45, 2.75) is 30.4 Å². The molecule has 0 aliphatic rings. The van der Waals surface area contributed by atoms with Gasteiger partial charge in [-0.25, -0.2) is 0 Å². The molecule has 6 nitrogen and oxygen atoms in total. The number of nitrogens with zero attached hydrogens (tertiary/aromatic N) is 2. The predicted octanol–water partition coefficient (Wildman–Crippen LogP) is 7.34. The molecule has 0 amide bonds. The van der Waals surface area contributed by atoms with E-state index >= 15 is 0 Å². The van der Waals surface area contributed by atoms with Crippen LogP contribution in [-0.2, 0) is 18.9 Å². The fourth-order valence-electron chi connectivity index (χ4n) is 3.83. The Morgan fingerprint density at radius 3 is 1.54 bits per heavy atom. The van der Waals surface area contributed by atoms with E-state index in [0.29, 0.717) is 26.4 Å². The summed E-state index contributed by atoms with van der Waals surface area (Å²) in [5, 5.41) is 0. The normalized spacial score (nSPS) is 12.2. The van der Waals surface area contributed by atoms with E-state index in [1.54, 1.807) is 14.2 Å². The van der Waals surface area contributed by atoms with Crippen molar-refractivity contribution in [2.75, 3.05) is 53.9 Å². The third-order valence-corrected chi connectivity index (χ3v) is 37.0. The van der Waals surface area contributed by atoms with Crippen LogP contribution in [0.1, 0.15) is 12.8 Å². The first kappa shape index (κ1) is 29.5. The van der Waals surface area contributed by atoms with E-state index in [4.69, 9.17) is 28.9 Å². The van der Waals surface area contributed by atoms with Crippen molar-refractivity contribution in [3.05, 3.63) is 48.5 Å². The van der Waals surface area contributed by atoms with E-state index < -0.39 is 15.6 Å². The minimum absolute atomic E-state index is 0.633. The van der Waals surface area contributed by atoms with Crippen LogP contribution >= 0.6 is 40.6 Å². The molecule has 4 aromatic rings. The number of para-hydroxylation sites is 2. The first-order chi connectivity index (χ1) is 18.2. The van der Waals surface area contributed by atoms with Crippen LogP contribution in [0.2, 0.25) is 8.87 Å². The first-order valence-corrected chi connectivity index (χ1v) is 26.7. The van der Waals surface area contributed by atoms with Gasteiger partial charge >= 0.3 is 238 Å². The SMILES string of the molecule is COCCOCC[CH2][Sn]([CH2]CCOCCOC)([S]c1nc2ccccc2s1)[S]c1nc2ccccc2s1. The summed E-state index contributed by atoms with van der Waals surface area (Å²) < 4.78 is 29.2. The molecule has 2 aromatic heterocycles. The second-order valence-corrected chi connectivity index (χ2v) is 36.0. The van der Waals surface area contributed by atoms with Crippen molar-refractivity contribution < 1.29 is 18.9 Å². The van der Waals surface area contributed by atoms with Crippen molar-refractivity contribution in [3.63, 3.8) is 0 Å². The number of methoxy groups -OCH3 is 2. The van der Waals surface area contributed by atoms with Crippen molar-refractivity contribution >= 4 is 76.6 Å². The Morgan fingerprint density at radius 1 is 0.649 bits per heavy atom. The van der Waals surface area contributed by atoms with Gasteiger partial charge in [-0.3, -0.25) is 0 Å². The Bertz CT molecular complexity index is 1060. The number of benzene rings is 2. The molecule has 2 heterocycles. The van der Waals surface area contributed by atoms with Gasteiger partial charge in [-0.05, 0) is 0 Å². The Balaban J connectivity index is 1.55. The molecule has 0 saturated carbocycles. The minimum atomic E-state index is -3.00. The topological polar surface area (TPSA) is 62.7 Å². The van der Waals surface area contributed by atoms with Gasteiger partial charge in [0.05, 0.1) is 0 Å². The zero-order valence-electron chi connectivity index (χ0n) is 21.4. The quantitative estimate of drug-likeness (QED) is 0.0797. The molecule has 0 N–H and O–H groups in total. The Labute approximate surface area is 236 Å². The molecule has 4 rings (SSSR count). The van der Waals surface area contributed by atoms with E-state index in [9.17, 15) is 0 Å².